The summed E-state index contributed by atoms with van der Waals surface area (Å²) < 4.78 is 0. The molecule has 2 heterocycles. The second kappa shape index (κ2) is 15.9. The number of nitrogens with one attached hydrogen (secondary N) is 4. The minimum atomic E-state index is -1.40. The molecular formula is C36H55N7O6. The number of hydrogen-bond donors (Lipinski definition) is 5. The molecule has 13 heteroatoms. The molecule has 3 saturated carbocycles. The Bertz CT molecular complexity index is 1340. The van der Waals surface area contributed by atoms with E-state index in [-0.39, 0.29) is 41.3 Å². The molecule has 1 saturated heterocycles. The van der Waals surface area contributed by atoms with Gasteiger partial charge in [-0.25, -0.2) is 4.98 Å². The highest BCUT2D eigenvalue weighted by Crippen LogP contribution is 2.43. The molecule has 270 valence electrons. The molecule has 0 spiro atoms. The summed E-state index contributed by atoms with van der Waals surface area (Å²) in [5.41, 5.74) is -0.618. The first-order chi connectivity index (χ1) is 23.4. The zero-order chi connectivity index (χ0) is 35.3. The molecule has 1 aliphatic heterocycles. The number of amides is 5. The van der Waals surface area contributed by atoms with Gasteiger partial charge in [-0.15, -0.1) is 0 Å². The van der Waals surface area contributed by atoms with Crippen LogP contribution in [0.1, 0.15) is 115 Å². The number of rotatable bonds is 13. The van der Waals surface area contributed by atoms with Gasteiger partial charge in [0.1, 0.15) is 23.8 Å². The zero-order valence-corrected chi connectivity index (χ0v) is 29.5. The quantitative estimate of drug-likeness (QED) is 0.210. The predicted octanol–water partition coefficient (Wildman–Crippen LogP) is 2.24. The van der Waals surface area contributed by atoms with Crippen molar-refractivity contribution in [2.24, 2.45) is 23.2 Å². The number of aromatic nitrogens is 2. The largest absolute Gasteiger partial charge is 0.381 e. The Labute approximate surface area is 289 Å². The van der Waals surface area contributed by atoms with E-state index in [2.05, 4.69) is 31.2 Å². The average Bonchev–Trinajstić information content (AvgIpc) is 3.65. The Hall–Kier alpha value is -3.61. The number of hydrogen-bond acceptors (Lipinski definition) is 8. The van der Waals surface area contributed by atoms with Gasteiger partial charge in [-0.3, -0.25) is 29.0 Å². The standard InChI is InChI=1S/C36H55N7O6/c1-5-10-25(29(44)34(48)39-23-15-16-23)40-33(47)28-24-14-9-13-22(24)20-43(28)35(49)30(36(2,3)4)42-32(46)27(21-11-7-6-8-12-21)41-31(45)26-19-37-17-18-38-26/h17-19,21-25,27-30,44H,5-16,20H2,1-4H3,(H,39,48)(H,40,47)(H,41,45)(H,42,46)/t22?,24?,25?,27-,28-,29?,30?/m0/s1. The Morgan fingerprint density at radius 1 is 0.918 bits per heavy atom. The molecule has 3 aliphatic carbocycles. The van der Waals surface area contributed by atoms with Crippen LogP contribution in [0.4, 0.5) is 0 Å². The van der Waals surface area contributed by atoms with Crippen LogP contribution in [0.15, 0.2) is 18.6 Å². The van der Waals surface area contributed by atoms with Crippen LogP contribution in [0.5, 0.6) is 0 Å². The smallest absolute Gasteiger partial charge is 0.272 e. The van der Waals surface area contributed by atoms with Crippen molar-refractivity contribution in [3.63, 3.8) is 0 Å². The van der Waals surface area contributed by atoms with E-state index in [0.717, 1.165) is 64.2 Å². The normalized spacial score (nSPS) is 25.0. The molecule has 0 radical (unpaired) electrons. The fourth-order valence-corrected chi connectivity index (χ4v) is 8.00. The molecular weight excluding hydrogens is 626 g/mol. The SMILES string of the molecule is CCCC(NC(=O)[C@@H]1C2CCCC2CN1C(=O)C(NC(=O)[C@@H](NC(=O)c1cnccn1)C1CCCCC1)C(C)(C)C)C(O)C(=O)NC1CC1. The van der Waals surface area contributed by atoms with E-state index < -0.39 is 53.4 Å². The van der Waals surface area contributed by atoms with Gasteiger partial charge >= 0.3 is 0 Å². The van der Waals surface area contributed by atoms with Crippen molar-refractivity contribution in [1.82, 2.24) is 36.1 Å². The summed E-state index contributed by atoms with van der Waals surface area (Å²) in [6.45, 7) is 7.95. The first-order valence-electron chi connectivity index (χ1n) is 18.4. The highest BCUT2D eigenvalue weighted by molar-refractivity contribution is 5.98. The van der Waals surface area contributed by atoms with Crippen LogP contribution in [0, 0.1) is 23.2 Å². The van der Waals surface area contributed by atoms with Crippen LogP contribution >= 0.6 is 0 Å². The Morgan fingerprint density at radius 2 is 1.65 bits per heavy atom. The van der Waals surface area contributed by atoms with E-state index >= 15 is 0 Å². The van der Waals surface area contributed by atoms with Crippen molar-refractivity contribution in [1.29, 1.82) is 0 Å². The highest BCUT2D eigenvalue weighted by Gasteiger charge is 2.52. The molecule has 0 aromatic carbocycles. The Morgan fingerprint density at radius 3 is 2.29 bits per heavy atom. The molecule has 13 nitrogen and oxygen atoms in total. The lowest BCUT2D eigenvalue weighted by Crippen LogP contribution is -2.62. The molecule has 1 aromatic heterocycles. The molecule has 5 amide bonds. The topological polar surface area (TPSA) is 183 Å². The van der Waals surface area contributed by atoms with Gasteiger partial charge in [-0.05, 0) is 68.1 Å². The third-order valence-corrected chi connectivity index (χ3v) is 10.8. The number of aliphatic hydroxyl groups excluding tert-OH is 1. The van der Waals surface area contributed by atoms with E-state index in [0.29, 0.717) is 19.4 Å². The third kappa shape index (κ3) is 8.95. The number of fused-ring (bicyclic) bond motifs is 1. The second-order valence-corrected chi connectivity index (χ2v) is 15.7. The van der Waals surface area contributed by atoms with E-state index in [1.807, 2.05) is 27.7 Å². The maximum atomic E-state index is 14.6. The summed E-state index contributed by atoms with van der Waals surface area (Å²) in [5, 5.41) is 22.6. The lowest BCUT2D eigenvalue weighted by atomic mass is 9.82. The van der Waals surface area contributed by atoms with E-state index in [1.165, 1.54) is 18.6 Å². The van der Waals surface area contributed by atoms with E-state index in [9.17, 15) is 29.1 Å². The van der Waals surface area contributed by atoms with Gasteiger partial charge in [0.05, 0.1) is 12.2 Å². The minimum absolute atomic E-state index is 0.0544. The predicted molar refractivity (Wildman–Crippen MR) is 182 cm³/mol. The Kier molecular flexibility index (Phi) is 11.9. The maximum Gasteiger partial charge on any atom is 0.272 e. The fourth-order valence-electron chi connectivity index (χ4n) is 8.00. The number of aliphatic hydroxyl groups is 1. The third-order valence-electron chi connectivity index (χ3n) is 10.8. The molecule has 5 N–H and O–H groups in total. The Balaban J connectivity index is 1.35. The van der Waals surface area contributed by atoms with Crippen LogP contribution in [0.3, 0.4) is 0 Å². The van der Waals surface area contributed by atoms with Gasteiger partial charge in [0.15, 0.2) is 6.10 Å². The van der Waals surface area contributed by atoms with Crippen molar-refractivity contribution in [3.8, 4) is 0 Å². The molecule has 49 heavy (non-hydrogen) atoms. The molecule has 5 unspecified atom stereocenters. The van der Waals surface area contributed by atoms with Gasteiger partial charge < -0.3 is 31.3 Å². The number of carbonyl (C=O) groups is 5. The average molecular weight is 682 g/mol. The number of carbonyl (C=O) groups excluding carboxylic acids is 5. The van der Waals surface area contributed by atoms with Crippen molar-refractivity contribution in [3.05, 3.63) is 24.3 Å². The molecule has 4 aliphatic rings. The second-order valence-electron chi connectivity index (χ2n) is 15.7. The summed E-state index contributed by atoms with van der Waals surface area (Å²) in [6.07, 6.45) is 12.8. The van der Waals surface area contributed by atoms with Crippen molar-refractivity contribution < 1.29 is 29.1 Å². The molecule has 7 atom stereocenters. The van der Waals surface area contributed by atoms with Gasteiger partial charge in [0.2, 0.25) is 17.7 Å². The number of likely N-dealkylation sites (tertiary alicyclic amines) is 1. The first-order valence-corrected chi connectivity index (χ1v) is 18.4. The van der Waals surface area contributed by atoms with Gasteiger partial charge in [-0.1, -0.05) is 59.8 Å². The van der Waals surface area contributed by atoms with E-state index in [4.69, 9.17) is 0 Å². The lowest BCUT2D eigenvalue weighted by molar-refractivity contribution is -0.146. The van der Waals surface area contributed by atoms with Crippen LogP contribution < -0.4 is 21.3 Å². The van der Waals surface area contributed by atoms with Crippen molar-refractivity contribution in [2.75, 3.05) is 6.54 Å². The highest BCUT2D eigenvalue weighted by atomic mass is 16.3. The summed E-state index contributed by atoms with van der Waals surface area (Å²) in [5.74, 6) is -2.18. The zero-order valence-electron chi connectivity index (χ0n) is 29.5. The monoisotopic (exact) mass is 681 g/mol. The van der Waals surface area contributed by atoms with Gasteiger partial charge in [0.25, 0.3) is 11.8 Å². The van der Waals surface area contributed by atoms with Crippen LogP contribution in [-0.4, -0.2) is 92.4 Å². The minimum Gasteiger partial charge on any atom is -0.381 e. The lowest BCUT2D eigenvalue weighted by Gasteiger charge is -2.38. The summed E-state index contributed by atoms with van der Waals surface area (Å²) >= 11 is 0. The van der Waals surface area contributed by atoms with Crippen molar-refractivity contribution in [2.45, 2.75) is 141 Å². The van der Waals surface area contributed by atoms with Crippen LogP contribution in [0.2, 0.25) is 0 Å². The molecule has 0 bridgehead atoms. The summed E-state index contributed by atoms with van der Waals surface area (Å²) in [4.78, 5) is 78.5. The maximum absolute atomic E-state index is 14.6. The van der Waals surface area contributed by atoms with Crippen LogP contribution in [0.25, 0.3) is 0 Å². The van der Waals surface area contributed by atoms with Crippen molar-refractivity contribution >= 4 is 29.5 Å². The number of nitrogens with zero attached hydrogens (tertiary/aromatic N) is 3. The van der Waals surface area contributed by atoms with E-state index in [1.54, 1.807) is 4.90 Å². The molecule has 5 rings (SSSR count). The molecule has 1 aromatic rings. The summed E-state index contributed by atoms with van der Waals surface area (Å²) in [6, 6.07) is -3.35. The van der Waals surface area contributed by atoms with Gasteiger partial charge in [0, 0.05) is 25.0 Å². The first kappa shape index (κ1) is 36.7. The van der Waals surface area contributed by atoms with Crippen LogP contribution in [-0.2, 0) is 19.2 Å². The van der Waals surface area contributed by atoms with Gasteiger partial charge in [-0.2, -0.15) is 0 Å². The summed E-state index contributed by atoms with van der Waals surface area (Å²) in [7, 11) is 0. The fraction of sp³-hybridized carbons (Fsp3) is 0.750. The molecule has 4 fully saturated rings.